The summed E-state index contributed by atoms with van der Waals surface area (Å²) in [5.41, 5.74) is 2.56. The molecule has 1 atom stereocenters. The first-order valence-electron chi connectivity index (χ1n) is 8.53. The van der Waals surface area contributed by atoms with Crippen molar-refractivity contribution in [2.75, 3.05) is 33.3 Å². The van der Waals surface area contributed by atoms with Gasteiger partial charge in [-0.1, -0.05) is 42.5 Å². The van der Waals surface area contributed by atoms with Gasteiger partial charge in [0.25, 0.3) is 0 Å². The number of carboxylic acids is 1. The Labute approximate surface area is 148 Å². The minimum absolute atomic E-state index is 0.309. The fourth-order valence-electron chi connectivity index (χ4n) is 3.20. The van der Waals surface area contributed by atoms with Crippen LogP contribution >= 0.6 is 0 Å². The second-order valence-electron chi connectivity index (χ2n) is 6.47. The molecule has 132 valence electrons. The van der Waals surface area contributed by atoms with E-state index < -0.39 is 5.97 Å². The van der Waals surface area contributed by atoms with Crippen molar-refractivity contribution in [2.24, 2.45) is 0 Å². The van der Waals surface area contributed by atoms with E-state index in [0.29, 0.717) is 11.8 Å². The second kappa shape index (κ2) is 8.14. The molecule has 1 N–H and O–H groups in total. The molecule has 2 aromatic rings. The zero-order valence-corrected chi connectivity index (χ0v) is 14.5. The highest BCUT2D eigenvalue weighted by molar-refractivity contribution is 5.68. The molecule has 5 nitrogen and oxygen atoms in total. The summed E-state index contributed by atoms with van der Waals surface area (Å²) in [4.78, 5) is 15.4. The number of carboxylic acid groups (broad SMARTS) is 1. The van der Waals surface area contributed by atoms with Crippen LogP contribution < -0.4 is 4.74 Å². The monoisotopic (exact) mass is 340 g/mol. The van der Waals surface area contributed by atoms with Crippen LogP contribution in [0.15, 0.2) is 54.6 Å². The molecule has 0 bridgehead atoms. The molecule has 1 saturated heterocycles. The van der Waals surface area contributed by atoms with Crippen LogP contribution in [0.5, 0.6) is 5.75 Å². The quantitative estimate of drug-likeness (QED) is 0.876. The van der Waals surface area contributed by atoms with Gasteiger partial charge in [-0.15, -0.1) is 0 Å². The van der Waals surface area contributed by atoms with Crippen molar-refractivity contribution in [3.05, 3.63) is 65.7 Å². The van der Waals surface area contributed by atoms with Crippen LogP contribution in [0.1, 0.15) is 17.2 Å². The molecule has 1 aliphatic rings. The van der Waals surface area contributed by atoms with Gasteiger partial charge in [0.15, 0.2) is 6.61 Å². The third-order valence-electron chi connectivity index (χ3n) is 4.61. The van der Waals surface area contributed by atoms with Crippen molar-refractivity contribution in [1.29, 1.82) is 0 Å². The molecule has 25 heavy (non-hydrogen) atoms. The number of aliphatic carboxylic acids is 1. The maximum Gasteiger partial charge on any atom is 0.341 e. The average Bonchev–Trinajstić information content (AvgIpc) is 2.63. The topological polar surface area (TPSA) is 53.0 Å². The molecular weight excluding hydrogens is 316 g/mol. The lowest BCUT2D eigenvalue weighted by atomic mass is 10.0. The Kier molecular flexibility index (Phi) is 5.68. The molecule has 5 heteroatoms. The Morgan fingerprint density at radius 1 is 1.12 bits per heavy atom. The van der Waals surface area contributed by atoms with E-state index in [1.165, 1.54) is 11.1 Å². The summed E-state index contributed by atoms with van der Waals surface area (Å²) < 4.78 is 5.18. The van der Waals surface area contributed by atoms with E-state index in [4.69, 9.17) is 9.84 Å². The summed E-state index contributed by atoms with van der Waals surface area (Å²) in [5, 5.41) is 8.65. The van der Waals surface area contributed by atoms with Gasteiger partial charge in [0.1, 0.15) is 5.75 Å². The van der Waals surface area contributed by atoms with Crippen molar-refractivity contribution in [3.8, 4) is 5.75 Å². The summed E-state index contributed by atoms with van der Waals surface area (Å²) in [5.74, 6) is -0.375. The van der Waals surface area contributed by atoms with Crippen molar-refractivity contribution in [1.82, 2.24) is 9.80 Å². The predicted octanol–water partition coefficient (Wildman–Crippen LogP) is 2.64. The van der Waals surface area contributed by atoms with E-state index >= 15 is 0 Å². The molecule has 1 aliphatic heterocycles. The van der Waals surface area contributed by atoms with E-state index in [1.54, 1.807) is 0 Å². The fraction of sp³-hybridized carbons (Fsp3) is 0.350. The molecule has 0 unspecified atom stereocenters. The predicted molar refractivity (Wildman–Crippen MR) is 96.7 cm³/mol. The largest absolute Gasteiger partial charge is 0.482 e. The number of carbonyl (C=O) groups is 1. The third-order valence-corrected chi connectivity index (χ3v) is 4.61. The maximum atomic E-state index is 10.5. The molecule has 2 aromatic carbocycles. The SMILES string of the molecule is CN1CCN(Cc2ccc(OCC(=O)O)cc2)C[C@@H]1c1ccccc1. The van der Waals surface area contributed by atoms with Gasteiger partial charge in [0.2, 0.25) is 0 Å². The molecule has 1 fully saturated rings. The van der Waals surface area contributed by atoms with Crippen molar-refractivity contribution < 1.29 is 14.6 Å². The smallest absolute Gasteiger partial charge is 0.341 e. The minimum atomic E-state index is -0.964. The molecular formula is C20H24N2O3. The van der Waals surface area contributed by atoms with Crippen molar-refractivity contribution in [3.63, 3.8) is 0 Å². The van der Waals surface area contributed by atoms with Gasteiger partial charge in [0, 0.05) is 32.2 Å². The fourth-order valence-corrected chi connectivity index (χ4v) is 3.20. The highest BCUT2D eigenvalue weighted by Gasteiger charge is 2.25. The molecule has 1 heterocycles. The Hall–Kier alpha value is -2.37. The Morgan fingerprint density at radius 2 is 1.84 bits per heavy atom. The zero-order valence-electron chi connectivity index (χ0n) is 14.5. The third kappa shape index (κ3) is 4.81. The number of ether oxygens (including phenoxy) is 1. The summed E-state index contributed by atoms with van der Waals surface area (Å²) in [6.07, 6.45) is 0. The number of benzene rings is 2. The van der Waals surface area contributed by atoms with Crippen LogP contribution in [0.2, 0.25) is 0 Å². The van der Waals surface area contributed by atoms with E-state index in [9.17, 15) is 4.79 Å². The summed E-state index contributed by atoms with van der Waals surface area (Å²) in [6, 6.07) is 18.7. The summed E-state index contributed by atoms with van der Waals surface area (Å²) in [7, 11) is 2.18. The first kappa shape index (κ1) is 17.5. The van der Waals surface area contributed by atoms with E-state index in [-0.39, 0.29) is 6.61 Å². The Balaban J connectivity index is 1.60. The normalized spacial score (nSPS) is 18.8. The van der Waals surface area contributed by atoms with E-state index in [0.717, 1.165) is 26.2 Å². The molecule has 0 aliphatic carbocycles. The summed E-state index contributed by atoms with van der Waals surface area (Å²) in [6.45, 7) is 3.65. The molecule has 0 saturated carbocycles. The second-order valence-corrected chi connectivity index (χ2v) is 6.47. The van der Waals surface area contributed by atoms with Gasteiger partial charge in [-0.25, -0.2) is 4.79 Å². The highest BCUT2D eigenvalue weighted by Crippen LogP contribution is 2.25. The highest BCUT2D eigenvalue weighted by atomic mass is 16.5. The van der Waals surface area contributed by atoms with Crippen LogP contribution in [0.3, 0.4) is 0 Å². The van der Waals surface area contributed by atoms with Gasteiger partial charge < -0.3 is 9.84 Å². The van der Waals surface area contributed by atoms with Gasteiger partial charge in [0.05, 0.1) is 0 Å². The first-order chi connectivity index (χ1) is 12.1. The number of hydrogen-bond acceptors (Lipinski definition) is 4. The van der Waals surface area contributed by atoms with Crippen LogP contribution in [0.25, 0.3) is 0 Å². The number of rotatable bonds is 6. The number of piperazine rings is 1. The zero-order chi connectivity index (χ0) is 17.6. The molecule has 0 radical (unpaired) electrons. The lowest BCUT2D eigenvalue weighted by molar-refractivity contribution is -0.139. The van der Waals surface area contributed by atoms with Gasteiger partial charge in [-0.05, 0) is 30.3 Å². The maximum absolute atomic E-state index is 10.5. The Bertz CT molecular complexity index is 688. The van der Waals surface area contributed by atoms with Crippen LogP contribution in [-0.4, -0.2) is 54.2 Å². The van der Waals surface area contributed by atoms with Crippen LogP contribution in [0.4, 0.5) is 0 Å². The van der Waals surface area contributed by atoms with Crippen LogP contribution in [-0.2, 0) is 11.3 Å². The lowest BCUT2D eigenvalue weighted by Gasteiger charge is -2.39. The number of nitrogens with zero attached hydrogens (tertiary/aromatic N) is 2. The van der Waals surface area contributed by atoms with Gasteiger partial charge in [-0.3, -0.25) is 9.80 Å². The Morgan fingerprint density at radius 3 is 2.52 bits per heavy atom. The standard InChI is InChI=1S/C20H24N2O3/c1-21-11-12-22(14-19(21)17-5-3-2-4-6-17)13-16-7-9-18(10-8-16)25-15-20(23)24/h2-10,19H,11-15H2,1H3,(H,23,24)/t19-/m1/s1. The average molecular weight is 340 g/mol. The molecule has 3 rings (SSSR count). The lowest BCUT2D eigenvalue weighted by Crippen LogP contribution is -2.46. The van der Waals surface area contributed by atoms with Gasteiger partial charge >= 0.3 is 5.97 Å². The van der Waals surface area contributed by atoms with Crippen LogP contribution in [0, 0.1) is 0 Å². The molecule has 0 spiro atoms. The first-order valence-corrected chi connectivity index (χ1v) is 8.53. The van der Waals surface area contributed by atoms with Crippen molar-refractivity contribution >= 4 is 5.97 Å². The van der Waals surface area contributed by atoms with Gasteiger partial charge in [-0.2, -0.15) is 0 Å². The van der Waals surface area contributed by atoms with E-state index in [2.05, 4.69) is 47.2 Å². The number of hydrogen-bond donors (Lipinski definition) is 1. The van der Waals surface area contributed by atoms with E-state index in [1.807, 2.05) is 24.3 Å². The summed E-state index contributed by atoms with van der Waals surface area (Å²) >= 11 is 0. The minimum Gasteiger partial charge on any atom is -0.482 e. The molecule has 0 aromatic heterocycles. The molecule has 0 amide bonds. The van der Waals surface area contributed by atoms with Crippen molar-refractivity contribution in [2.45, 2.75) is 12.6 Å². The number of likely N-dealkylation sites (N-methyl/N-ethyl adjacent to an activating group) is 1.